The largest absolute Gasteiger partial charge is 0.489 e. The summed E-state index contributed by atoms with van der Waals surface area (Å²) in [6, 6.07) is 14.7. The van der Waals surface area contributed by atoms with Crippen molar-refractivity contribution in [3.05, 3.63) is 66.1 Å². The van der Waals surface area contributed by atoms with Crippen LogP contribution in [-0.2, 0) is 11.3 Å². The first-order valence-corrected chi connectivity index (χ1v) is 9.47. The summed E-state index contributed by atoms with van der Waals surface area (Å²) in [5.74, 6) is -0.0675. The highest BCUT2D eigenvalue weighted by Gasteiger charge is 2.19. The van der Waals surface area contributed by atoms with Gasteiger partial charge in [-0.25, -0.2) is 4.39 Å². The van der Waals surface area contributed by atoms with E-state index in [2.05, 4.69) is 27.8 Å². The maximum absolute atomic E-state index is 13.7. The lowest BCUT2D eigenvalue weighted by atomic mass is 10.1. The maximum Gasteiger partial charge on any atom is 0.165 e. The van der Waals surface area contributed by atoms with Crippen LogP contribution in [0.1, 0.15) is 5.56 Å². The van der Waals surface area contributed by atoms with E-state index >= 15 is 0 Å². The number of para-hydroxylation sites is 2. The highest BCUT2D eigenvalue weighted by Crippen LogP contribution is 2.24. The molecule has 1 aliphatic heterocycles. The molecular weight excluding hydrogens is 363 g/mol. The van der Waals surface area contributed by atoms with E-state index in [0.29, 0.717) is 26.4 Å². The van der Waals surface area contributed by atoms with E-state index < -0.39 is 0 Å². The van der Waals surface area contributed by atoms with Gasteiger partial charge in [-0.2, -0.15) is 0 Å². The number of hydrogen-bond donors (Lipinski definition) is 0. The molecule has 6 heteroatoms. The normalized spacial score (nSPS) is 14.5. The summed E-state index contributed by atoms with van der Waals surface area (Å²) in [5.41, 5.74) is 2.15. The topological polar surface area (TPSA) is 26.6 Å². The third-order valence-electron chi connectivity index (χ3n) is 4.74. The molecule has 0 N–H and O–H groups in total. The van der Waals surface area contributed by atoms with Crippen LogP contribution in [0.4, 0.5) is 4.39 Å². The van der Waals surface area contributed by atoms with Crippen molar-refractivity contribution in [1.82, 2.24) is 9.47 Å². The Balaban J connectivity index is 1.54. The van der Waals surface area contributed by atoms with Crippen molar-refractivity contribution in [1.29, 1.82) is 0 Å². The fourth-order valence-electron chi connectivity index (χ4n) is 3.35. The zero-order chi connectivity index (χ0) is 18.6. The van der Waals surface area contributed by atoms with Crippen LogP contribution in [0.3, 0.4) is 0 Å². The first kappa shape index (κ1) is 17.9. The van der Waals surface area contributed by atoms with Crippen LogP contribution in [0.5, 0.6) is 5.75 Å². The number of morpholine rings is 1. The van der Waals surface area contributed by atoms with E-state index in [1.807, 2.05) is 12.1 Å². The molecule has 4 nitrogen and oxygen atoms in total. The second-order valence-electron chi connectivity index (χ2n) is 6.44. The molecule has 1 aliphatic rings. The van der Waals surface area contributed by atoms with Gasteiger partial charge in [0, 0.05) is 35.8 Å². The minimum absolute atomic E-state index is 0.276. The van der Waals surface area contributed by atoms with Crippen molar-refractivity contribution in [2.45, 2.75) is 6.54 Å². The zero-order valence-electron chi connectivity index (χ0n) is 14.9. The average molecular weight is 384 g/mol. The molecule has 1 saturated heterocycles. The first-order valence-electron chi connectivity index (χ1n) is 9.06. The monoisotopic (exact) mass is 384 g/mol. The molecule has 27 heavy (non-hydrogen) atoms. The van der Waals surface area contributed by atoms with Crippen LogP contribution in [0, 0.1) is 5.82 Å². The number of thiocarbonyl (C=S) groups is 1. The summed E-state index contributed by atoms with van der Waals surface area (Å²) in [7, 11) is 0. The lowest BCUT2D eigenvalue weighted by Crippen LogP contribution is -2.40. The van der Waals surface area contributed by atoms with Crippen molar-refractivity contribution in [2.75, 3.05) is 32.9 Å². The van der Waals surface area contributed by atoms with Crippen molar-refractivity contribution >= 4 is 28.1 Å². The van der Waals surface area contributed by atoms with Gasteiger partial charge in [0.2, 0.25) is 0 Å². The van der Waals surface area contributed by atoms with Crippen LogP contribution in [-0.4, -0.2) is 47.4 Å². The fourth-order valence-corrected chi connectivity index (χ4v) is 3.70. The molecule has 4 rings (SSSR count). The Kier molecular flexibility index (Phi) is 5.36. The lowest BCUT2D eigenvalue weighted by Gasteiger charge is -2.29. The molecule has 0 amide bonds. The lowest BCUT2D eigenvalue weighted by molar-refractivity contribution is 0.0693. The molecule has 0 unspecified atom stereocenters. The summed E-state index contributed by atoms with van der Waals surface area (Å²) in [5, 5.41) is 1.12. The number of fused-ring (bicyclic) bond motifs is 1. The Morgan fingerprint density at radius 3 is 2.63 bits per heavy atom. The molecule has 1 aromatic heterocycles. The second kappa shape index (κ2) is 8.06. The molecule has 0 aliphatic carbocycles. The van der Waals surface area contributed by atoms with Crippen molar-refractivity contribution in [3.8, 4) is 5.75 Å². The molecule has 0 atom stereocenters. The standard InChI is InChI=1S/C21H21FN2O2S/c22-18-6-2-4-8-20(18)26-14-11-24-15-17(16-5-1-3-7-19(16)24)21(27)23-9-12-25-13-10-23/h1-8,15H,9-14H2. The second-order valence-corrected chi connectivity index (χ2v) is 6.82. The van der Waals surface area contributed by atoms with E-state index in [9.17, 15) is 4.39 Å². The molecule has 1 fully saturated rings. The molecule has 0 bridgehead atoms. The Hall–Kier alpha value is -2.44. The molecular formula is C21H21FN2O2S. The van der Waals surface area contributed by atoms with E-state index in [-0.39, 0.29) is 11.6 Å². The number of benzene rings is 2. The summed E-state index contributed by atoms with van der Waals surface area (Å²) in [6.45, 7) is 4.03. The van der Waals surface area contributed by atoms with Crippen LogP contribution in [0.2, 0.25) is 0 Å². The summed E-state index contributed by atoms with van der Waals surface area (Å²) in [4.78, 5) is 3.05. The predicted molar refractivity (Wildman–Crippen MR) is 108 cm³/mol. The highest BCUT2D eigenvalue weighted by molar-refractivity contribution is 7.80. The summed E-state index contributed by atoms with van der Waals surface area (Å²) < 4.78 is 26.9. The molecule has 0 saturated carbocycles. The van der Waals surface area contributed by atoms with Gasteiger partial charge in [0.15, 0.2) is 11.6 Å². The van der Waals surface area contributed by atoms with Crippen LogP contribution in [0.15, 0.2) is 54.7 Å². The molecule has 2 aromatic carbocycles. The van der Waals surface area contributed by atoms with Gasteiger partial charge in [-0.3, -0.25) is 0 Å². The summed E-state index contributed by atoms with van der Waals surface area (Å²) >= 11 is 5.76. The Bertz CT molecular complexity index is 950. The molecule has 3 aromatic rings. The minimum Gasteiger partial charge on any atom is -0.489 e. The van der Waals surface area contributed by atoms with Gasteiger partial charge in [-0.15, -0.1) is 0 Å². The van der Waals surface area contributed by atoms with Crippen molar-refractivity contribution in [2.24, 2.45) is 0 Å². The third kappa shape index (κ3) is 3.82. The van der Waals surface area contributed by atoms with Gasteiger partial charge in [-0.1, -0.05) is 42.5 Å². The van der Waals surface area contributed by atoms with Crippen molar-refractivity contribution < 1.29 is 13.9 Å². The van der Waals surface area contributed by atoms with E-state index in [0.717, 1.165) is 34.5 Å². The Morgan fingerprint density at radius 1 is 1.07 bits per heavy atom. The number of ether oxygens (including phenoxy) is 2. The zero-order valence-corrected chi connectivity index (χ0v) is 15.8. The van der Waals surface area contributed by atoms with Crippen LogP contribution in [0.25, 0.3) is 10.9 Å². The van der Waals surface area contributed by atoms with Crippen molar-refractivity contribution in [3.63, 3.8) is 0 Å². The van der Waals surface area contributed by atoms with Gasteiger partial charge in [0.05, 0.1) is 19.8 Å². The highest BCUT2D eigenvalue weighted by atomic mass is 32.1. The van der Waals surface area contributed by atoms with Gasteiger partial charge in [0.1, 0.15) is 11.6 Å². The fraction of sp³-hybridized carbons (Fsp3) is 0.286. The first-order chi connectivity index (χ1) is 13.2. The van der Waals surface area contributed by atoms with E-state index in [1.165, 1.54) is 6.07 Å². The number of hydrogen-bond acceptors (Lipinski definition) is 3. The number of nitrogens with zero attached hydrogens (tertiary/aromatic N) is 2. The smallest absolute Gasteiger partial charge is 0.165 e. The van der Waals surface area contributed by atoms with Gasteiger partial charge in [-0.05, 0) is 18.2 Å². The maximum atomic E-state index is 13.7. The molecule has 140 valence electrons. The number of aromatic nitrogens is 1. The molecule has 0 spiro atoms. The SMILES string of the molecule is Fc1ccccc1OCCn1cc(C(=S)N2CCOCC2)c2ccccc21. The number of halogens is 1. The van der Waals surface area contributed by atoms with E-state index in [4.69, 9.17) is 21.7 Å². The third-order valence-corrected chi connectivity index (χ3v) is 5.22. The van der Waals surface area contributed by atoms with Crippen LogP contribution < -0.4 is 4.74 Å². The van der Waals surface area contributed by atoms with Gasteiger partial charge < -0.3 is 18.9 Å². The molecule has 2 heterocycles. The predicted octanol–water partition coefficient (Wildman–Crippen LogP) is 3.87. The minimum atomic E-state index is -0.343. The van der Waals surface area contributed by atoms with E-state index in [1.54, 1.807) is 18.2 Å². The average Bonchev–Trinajstić information content (AvgIpc) is 3.08. The molecule has 0 radical (unpaired) electrons. The Labute approximate surface area is 163 Å². The number of rotatable bonds is 5. The Morgan fingerprint density at radius 2 is 1.81 bits per heavy atom. The summed E-state index contributed by atoms with van der Waals surface area (Å²) in [6.07, 6.45) is 2.08. The van der Waals surface area contributed by atoms with Gasteiger partial charge in [0.25, 0.3) is 0 Å². The quantitative estimate of drug-likeness (QED) is 0.624. The van der Waals surface area contributed by atoms with Crippen LogP contribution >= 0.6 is 12.2 Å². The van der Waals surface area contributed by atoms with Gasteiger partial charge >= 0.3 is 0 Å².